The number of aliphatic carboxylic acids is 2. The van der Waals surface area contributed by atoms with E-state index in [-0.39, 0.29) is 0 Å². The Morgan fingerprint density at radius 1 is 1.29 bits per heavy atom. The first-order valence-corrected chi connectivity index (χ1v) is 6.48. The highest BCUT2D eigenvalue weighted by molar-refractivity contribution is 9.10. The number of hydrogen-bond donors (Lipinski definition) is 4. The van der Waals surface area contributed by atoms with Crippen molar-refractivity contribution in [3.63, 3.8) is 0 Å². The Kier molecular flexibility index (Phi) is 5.97. The Labute approximate surface area is 128 Å². The molecule has 0 aliphatic rings. The summed E-state index contributed by atoms with van der Waals surface area (Å²) >= 11 is 3.23. The number of halogens is 1. The van der Waals surface area contributed by atoms with Crippen molar-refractivity contribution in [3.8, 4) is 5.75 Å². The molecular formula is C12H13BrN2O6. The average molecular weight is 361 g/mol. The Balaban J connectivity index is 2.74. The number of carbonyl (C=O) groups is 3. The zero-order valence-electron chi connectivity index (χ0n) is 10.9. The van der Waals surface area contributed by atoms with Crippen LogP contribution in [0.4, 0.5) is 10.5 Å². The van der Waals surface area contributed by atoms with Gasteiger partial charge in [0.1, 0.15) is 11.8 Å². The summed E-state index contributed by atoms with van der Waals surface area (Å²) in [6, 6.07) is 2.43. The molecule has 1 aromatic carbocycles. The van der Waals surface area contributed by atoms with Crippen molar-refractivity contribution in [3.05, 3.63) is 22.7 Å². The van der Waals surface area contributed by atoms with Crippen LogP contribution in [0.3, 0.4) is 0 Å². The summed E-state index contributed by atoms with van der Waals surface area (Å²) in [5, 5.41) is 21.9. The molecule has 0 unspecified atom stereocenters. The van der Waals surface area contributed by atoms with Crippen LogP contribution in [0.1, 0.15) is 6.42 Å². The minimum Gasteiger partial charge on any atom is -0.497 e. The quantitative estimate of drug-likeness (QED) is 0.609. The number of benzene rings is 1. The molecular weight excluding hydrogens is 348 g/mol. The molecule has 0 heterocycles. The lowest BCUT2D eigenvalue weighted by Crippen LogP contribution is -2.44. The molecule has 0 aliphatic carbocycles. The largest absolute Gasteiger partial charge is 0.497 e. The van der Waals surface area contributed by atoms with Crippen LogP contribution in [0.2, 0.25) is 0 Å². The van der Waals surface area contributed by atoms with Gasteiger partial charge in [-0.05, 0) is 12.1 Å². The second kappa shape index (κ2) is 7.48. The molecule has 2 amide bonds. The van der Waals surface area contributed by atoms with Gasteiger partial charge in [-0.1, -0.05) is 15.9 Å². The van der Waals surface area contributed by atoms with E-state index in [1.54, 1.807) is 12.1 Å². The third-order valence-electron chi connectivity index (χ3n) is 2.35. The van der Waals surface area contributed by atoms with Crippen LogP contribution in [0, 0.1) is 0 Å². The fourth-order valence-electron chi connectivity index (χ4n) is 1.45. The summed E-state index contributed by atoms with van der Waals surface area (Å²) in [5.74, 6) is -2.27. The summed E-state index contributed by atoms with van der Waals surface area (Å²) in [6.45, 7) is 0. The Morgan fingerprint density at radius 2 is 1.95 bits per heavy atom. The van der Waals surface area contributed by atoms with Crippen molar-refractivity contribution in [2.24, 2.45) is 0 Å². The monoisotopic (exact) mass is 360 g/mol. The molecule has 4 N–H and O–H groups in total. The first-order chi connectivity index (χ1) is 9.81. The molecule has 114 valence electrons. The van der Waals surface area contributed by atoms with Gasteiger partial charge >= 0.3 is 18.0 Å². The molecule has 0 aromatic heterocycles. The predicted octanol–water partition coefficient (Wildman–Crippen LogP) is 1.51. The van der Waals surface area contributed by atoms with E-state index in [2.05, 4.69) is 26.6 Å². The zero-order chi connectivity index (χ0) is 16.0. The number of hydrogen-bond acceptors (Lipinski definition) is 4. The highest BCUT2D eigenvalue weighted by Gasteiger charge is 2.23. The molecule has 1 aromatic rings. The van der Waals surface area contributed by atoms with Crippen molar-refractivity contribution >= 4 is 39.6 Å². The van der Waals surface area contributed by atoms with Crippen LogP contribution in [0.25, 0.3) is 0 Å². The molecule has 1 rings (SSSR count). The Morgan fingerprint density at radius 3 is 2.48 bits per heavy atom. The Hall–Kier alpha value is -2.29. The van der Waals surface area contributed by atoms with E-state index in [0.717, 1.165) is 0 Å². The van der Waals surface area contributed by atoms with Crippen LogP contribution in [-0.2, 0) is 9.59 Å². The van der Waals surface area contributed by atoms with Gasteiger partial charge in [-0.2, -0.15) is 0 Å². The second-order valence-corrected chi connectivity index (χ2v) is 4.88. The van der Waals surface area contributed by atoms with Crippen LogP contribution in [0.15, 0.2) is 22.7 Å². The summed E-state index contributed by atoms with van der Waals surface area (Å²) in [5.41, 5.74) is 0.359. The van der Waals surface area contributed by atoms with Crippen LogP contribution in [-0.4, -0.2) is 41.3 Å². The van der Waals surface area contributed by atoms with Gasteiger partial charge in [0.15, 0.2) is 0 Å². The molecule has 1 atom stereocenters. The second-order valence-electron chi connectivity index (χ2n) is 3.97. The number of ether oxygens (including phenoxy) is 1. The highest BCUT2D eigenvalue weighted by Crippen LogP contribution is 2.24. The number of nitrogens with one attached hydrogen (secondary N) is 2. The van der Waals surface area contributed by atoms with Crippen molar-refractivity contribution in [2.75, 3.05) is 12.4 Å². The topological polar surface area (TPSA) is 125 Å². The van der Waals surface area contributed by atoms with E-state index in [0.29, 0.717) is 15.9 Å². The van der Waals surface area contributed by atoms with E-state index in [1.807, 2.05) is 0 Å². The third-order valence-corrected chi connectivity index (χ3v) is 2.80. The fraction of sp³-hybridized carbons (Fsp3) is 0.250. The molecule has 0 saturated carbocycles. The SMILES string of the molecule is COc1cc(Br)cc(NC(=O)N[C@@H](CC(=O)O)C(=O)O)c1. The first-order valence-electron chi connectivity index (χ1n) is 5.68. The van der Waals surface area contributed by atoms with E-state index < -0.39 is 30.4 Å². The number of methoxy groups -OCH3 is 1. The van der Waals surface area contributed by atoms with E-state index in [9.17, 15) is 14.4 Å². The zero-order valence-corrected chi connectivity index (χ0v) is 12.5. The maximum Gasteiger partial charge on any atom is 0.326 e. The molecule has 21 heavy (non-hydrogen) atoms. The number of carboxylic acid groups (broad SMARTS) is 2. The minimum absolute atomic E-state index is 0.359. The van der Waals surface area contributed by atoms with Crippen molar-refractivity contribution in [1.29, 1.82) is 0 Å². The van der Waals surface area contributed by atoms with Gasteiger partial charge in [0.05, 0.1) is 13.5 Å². The third kappa shape index (κ3) is 5.69. The van der Waals surface area contributed by atoms with E-state index in [4.69, 9.17) is 14.9 Å². The number of anilines is 1. The number of rotatable bonds is 6. The first kappa shape index (κ1) is 16.8. The standard InChI is InChI=1S/C12H13BrN2O6/c1-21-8-3-6(13)2-7(4-8)14-12(20)15-9(11(18)19)5-10(16)17/h2-4,9H,5H2,1H3,(H,16,17)(H,18,19)(H2,14,15,20)/t9-/m0/s1. The smallest absolute Gasteiger partial charge is 0.326 e. The van der Waals surface area contributed by atoms with Crippen molar-refractivity contribution in [2.45, 2.75) is 12.5 Å². The Bertz CT molecular complexity index is 563. The number of urea groups is 1. The number of amides is 2. The van der Waals surface area contributed by atoms with E-state index in [1.165, 1.54) is 13.2 Å². The summed E-state index contributed by atoms with van der Waals surface area (Å²) in [4.78, 5) is 33.1. The van der Waals surface area contributed by atoms with Crippen LogP contribution in [0.5, 0.6) is 5.75 Å². The molecule has 0 spiro atoms. The maximum absolute atomic E-state index is 11.7. The molecule has 0 bridgehead atoms. The van der Waals surface area contributed by atoms with Gasteiger partial charge in [-0.3, -0.25) is 4.79 Å². The maximum atomic E-state index is 11.7. The van der Waals surface area contributed by atoms with Crippen molar-refractivity contribution < 1.29 is 29.3 Å². The number of carbonyl (C=O) groups excluding carboxylic acids is 1. The van der Waals surface area contributed by atoms with Gasteiger partial charge in [0.25, 0.3) is 0 Å². The molecule has 0 saturated heterocycles. The van der Waals surface area contributed by atoms with E-state index >= 15 is 0 Å². The van der Waals surface area contributed by atoms with Crippen molar-refractivity contribution in [1.82, 2.24) is 5.32 Å². The van der Waals surface area contributed by atoms with Gasteiger partial charge in [0, 0.05) is 16.2 Å². The summed E-state index contributed by atoms with van der Waals surface area (Å²) in [6.07, 6.45) is -0.718. The summed E-state index contributed by atoms with van der Waals surface area (Å²) < 4.78 is 5.67. The normalized spacial score (nSPS) is 11.3. The minimum atomic E-state index is -1.52. The van der Waals surface area contributed by atoms with Crippen LogP contribution < -0.4 is 15.4 Å². The lowest BCUT2D eigenvalue weighted by Gasteiger charge is -2.14. The molecule has 0 radical (unpaired) electrons. The molecule has 0 aliphatic heterocycles. The van der Waals surface area contributed by atoms with Gasteiger partial charge in [-0.15, -0.1) is 0 Å². The van der Waals surface area contributed by atoms with Gasteiger partial charge in [-0.25, -0.2) is 9.59 Å². The lowest BCUT2D eigenvalue weighted by atomic mass is 10.2. The summed E-state index contributed by atoms with van der Waals surface area (Å²) in [7, 11) is 1.46. The highest BCUT2D eigenvalue weighted by atomic mass is 79.9. The molecule has 0 fully saturated rings. The fourth-order valence-corrected chi connectivity index (χ4v) is 1.93. The predicted molar refractivity (Wildman–Crippen MR) is 76.5 cm³/mol. The number of carboxylic acids is 2. The molecule has 8 nitrogen and oxygen atoms in total. The average Bonchev–Trinajstić information content (AvgIpc) is 2.36. The van der Waals surface area contributed by atoms with Gasteiger partial charge in [0.2, 0.25) is 0 Å². The van der Waals surface area contributed by atoms with Gasteiger partial charge < -0.3 is 25.6 Å². The lowest BCUT2D eigenvalue weighted by molar-refractivity contribution is -0.145. The molecule has 9 heteroatoms. The van der Waals surface area contributed by atoms with Crippen LogP contribution >= 0.6 is 15.9 Å².